The molecule has 2 atom stereocenters. The monoisotopic (exact) mass is 286 g/mol. The summed E-state index contributed by atoms with van der Waals surface area (Å²) in [5, 5.41) is 1.03. The number of rotatable bonds is 6. The zero-order valence-corrected chi connectivity index (χ0v) is 9.77. The van der Waals surface area contributed by atoms with Gasteiger partial charge in [0.1, 0.15) is 0 Å². The van der Waals surface area contributed by atoms with Gasteiger partial charge in [-0.3, -0.25) is 0 Å². The zero-order valence-electron chi connectivity index (χ0n) is 6.60. The van der Waals surface area contributed by atoms with Crippen molar-refractivity contribution in [3.05, 3.63) is 0 Å². The summed E-state index contributed by atoms with van der Waals surface area (Å²) in [6.07, 6.45) is 3.15. The van der Waals surface area contributed by atoms with Crippen molar-refractivity contribution in [3.63, 3.8) is 0 Å². The Kier molecular flexibility index (Phi) is 8.13. The van der Waals surface area contributed by atoms with Crippen molar-refractivity contribution in [3.8, 4) is 0 Å². The molecule has 2 unspecified atom stereocenters. The first-order valence-electron chi connectivity index (χ1n) is 3.88. The Morgan fingerprint density at radius 1 is 1.27 bits per heavy atom. The Bertz CT molecular complexity index is 90.5. The summed E-state index contributed by atoms with van der Waals surface area (Å²) in [7, 11) is 0. The maximum absolute atomic E-state index is 5.87. The second-order valence-corrected chi connectivity index (χ2v) is 4.56. The predicted molar refractivity (Wildman–Crippen MR) is 57.4 cm³/mol. The Hall–Kier alpha value is 0.880. The molecule has 2 nitrogen and oxygen atoms in total. The fraction of sp³-hybridized carbons (Fsp3) is 1.00. The summed E-state index contributed by atoms with van der Waals surface area (Å²) in [5.74, 6) is 0. The fourth-order valence-corrected chi connectivity index (χ4v) is 1.72. The molecule has 0 rings (SSSR count). The molecule has 0 aromatic rings. The van der Waals surface area contributed by atoms with Gasteiger partial charge in [0.15, 0.2) is 0 Å². The van der Waals surface area contributed by atoms with Crippen molar-refractivity contribution in [2.75, 3.05) is 11.9 Å². The highest BCUT2D eigenvalue weighted by molar-refractivity contribution is 9.09. The molecule has 0 saturated heterocycles. The average Bonchev–Trinajstić information content (AvgIpc) is 2.00. The highest BCUT2D eigenvalue weighted by Gasteiger charge is 2.12. The van der Waals surface area contributed by atoms with E-state index in [2.05, 4.69) is 31.9 Å². The van der Waals surface area contributed by atoms with Gasteiger partial charge in [-0.15, -0.1) is 0 Å². The fourth-order valence-electron chi connectivity index (χ4n) is 0.867. The molecule has 0 bridgehead atoms. The van der Waals surface area contributed by atoms with Crippen molar-refractivity contribution >= 4 is 31.9 Å². The third kappa shape index (κ3) is 6.08. The van der Waals surface area contributed by atoms with E-state index in [-0.39, 0.29) is 6.04 Å². The smallest absolute Gasteiger partial charge is 0.0309 e. The first-order chi connectivity index (χ1) is 5.22. The Balaban J connectivity index is 3.38. The molecule has 0 aromatic heterocycles. The molecule has 0 amide bonds. The summed E-state index contributed by atoms with van der Waals surface area (Å²) in [5.41, 5.74) is 11.3. The van der Waals surface area contributed by atoms with E-state index in [1.54, 1.807) is 0 Å². The van der Waals surface area contributed by atoms with Crippen molar-refractivity contribution < 1.29 is 0 Å². The van der Waals surface area contributed by atoms with Gasteiger partial charge in [0, 0.05) is 16.2 Å². The lowest BCUT2D eigenvalue weighted by Gasteiger charge is -2.16. The molecule has 0 radical (unpaired) electrons. The van der Waals surface area contributed by atoms with Crippen LogP contribution in [0.25, 0.3) is 0 Å². The Morgan fingerprint density at radius 2 is 1.91 bits per heavy atom. The first-order valence-corrected chi connectivity index (χ1v) is 5.91. The van der Waals surface area contributed by atoms with Crippen molar-refractivity contribution in [2.24, 2.45) is 11.5 Å². The van der Waals surface area contributed by atoms with Crippen LogP contribution >= 0.6 is 31.9 Å². The molecule has 0 spiro atoms. The summed E-state index contributed by atoms with van der Waals surface area (Å²) in [6.45, 7) is 0.706. The normalized spacial score (nSPS) is 16.4. The van der Waals surface area contributed by atoms with E-state index in [9.17, 15) is 0 Å². The molecule has 0 saturated carbocycles. The van der Waals surface area contributed by atoms with Crippen LogP contribution in [0.5, 0.6) is 0 Å². The largest absolute Gasteiger partial charge is 0.330 e. The molecule has 0 heterocycles. The van der Waals surface area contributed by atoms with Gasteiger partial charge in [-0.25, -0.2) is 0 Å². The van der Waals surface area contributed by atoms with Gasteiger partial charge >= 0.3 is 0 Å². The first kappa shape index (κ1) is 11.9. The van der Waals surface area contributed by atoms with Crippen LogP contribution in [0.1, 0.15) is 19.3 Å². The van der Waals surface area contributed by atoms with Gasteiger partial charge in [-0.2, -0.15) is 0 Å². The number of alkyl halides is 2. The molecule has 0 aliphatic rings. The SMILES string of the molecule is NCCC(Br)C(N)CCCBr. The van der Waals surface area contributed by atoms with Gasteiger partial charge in [0.25, 0.3) is 0 Å². The topological polar surface area (TPSA) is 52.0 Å². The highest BCUT2D eigenvalue weighted by Crippen LogP contribution is 2.12. The van der Waals surface area contributed by atoms with Crippen LogP contribution in [0.2, 0.25) is 0 Å². The van der Waals surface area contributed by atoms with Crippen molar-refractivity contribution in [1.29, 1.82) is 0 Å². The number of nitrogens with two attached hydrogens (primary N) is 2. The third-order valence-corrected chi connectivity index (χ3v) is 3.28. The van der Waals surface area contributed by atoms with Crippen LogP contribution in [-0.4, -0.2) is 22.7 Å². The molecule has 11 heavy (non-hydrogen) atoms. The zero-order chi connectivity index (χ0) is 8.69. The minimum absolute atomic E-state index is 0.246. The molecular formula is C7H16Br2N2. The lowest BCUT2D eigenvalue weighted by Crippen LogP contribution is -2.32. The van der Waals surface area contributed by atoms with Gasteiger partial charge in [-0.05, 0) is 25.8 Å². The van der Waals surface area contributed by atoms with Crippen LogP contribution in [0.3, 0.4) is 0 Å². The van der Waals surface area contributed by atoms with E-state index in [4.69, 9.17) is 11.5 Å². The van der Waals surface area contributed by atoms with E-state index in [0.717, 1.165) is 24.6 Å². The van der Waals surface area contributed by atoms with Crippen molar-refractivity contribution in [2.45, 2.75) is 30.1 Å². The Morgan fingerprint density at radius 3 is 2.36 bits per heavy atom. The molecular weight excluding hydrogens is 272 g/mol. The van der Waals surface area contributed by atoms with Gasteiger partial charge in [0.2, 0.25) is 0 Å². The van der Waals surface area contributed by atoms with Gasteiger partial charge in [-0.1, -0.05) is 31.9 Å². The number of halogens is 2. The van der Waals surface area contributed by atoms with E-state index < -0.39 is 0 Å². The summed E-state index contributed by atoms with van der Waals surface area (Å²) < 4.78 is 0. The van der Waals surface area contributed by atoms with Gasteiger partial charge in [0.05, 0.1) is 0 Å². The molecule has 0 fully saturated rings. The average molecular weight is 288 g/mol. The molecule has 4 N–H and O–H groups in total. The van der Waals surface area contributed by atoms with Gasteiger partial charge < -0.3 is 11.5 Å². The van der Waals surface area contributed by atoms with Crippen LogP contribution < -0.4 is 11.5 Å². The molecule has 0 aromatic carbocycles. The lowest BCUT2D eigenvalue weighted by atomic mass is 10.1. The molecule has 68 valence electrons. The maximum Gasteiger partial charge on any atom is 0.0309 e. The second-order valence-electron chi connectivity index (χ2n) is 2.59. The summed E-state index contributed by atoms with van der Waals surface area (Å²) >= 11 is 6.88. The minimum atomic E-state index is 0.246. The van der Waals surface area contributed by atoms with E-state index >= 15 is 0 Å². The summed E-state index contributed by atoms with van der Waals surface area (Å²) in [4.78, 5) is 0.381. The van der Waals surface area contributed by atoms with Crippen LogP contribution in [0.15, 0.2) is 0 Å². The molecule has 4 heteroatoms. The van der Waals surface area contributed by atoms with E-state index in [1.807, 2.05) is 0 Å². The lowest BCUT2D eigenvalue weighted by molar-refractivity contribution is 0.566. The van der Waals surface area contributed by atoms with E-state index in [1.165, 1.54) is 0 Å². The molecule has 0 aliphatic heterocycles. The molecule has 0 aliphatic carbocycles. The van der Waals surface area contributed by atoms with E-state index in [0.29, 0.717) is 11.4 Å². The minimum Gasteiger partial charge on any atom is -0.330 e. The quantitative estimate of drug-likeness (QED) is 0.729. The van der Waals surface area contributed by atoms with Crippen molar-refractivity contribution in [1.82, 2.24) is 0 Å². The number of hydrogen-bond donors (Lipinski definition) is 2. The summed E-state index contributed by atoms with van der Waals surface area (Å²) in [6, 6.07) is 0.246. The van der Waals surface area contributed by atoms with Crippen LogP contribution in [-0.2, 0) is 0 Å². The van der Waals surface area contributed by atoms with Crippen LogP contribution in [0, 0.1) is 0 Å². The standard InChI is InChI=1S/C7H16Br2N2/c8-4-1-2-7(11)6(9)3-5-10/h6-7H,1-5,10-11H2. The highest BCUT2D eigenvalue weighted by atomic mass is 79.9. The second kappa shape index (κ2) is 7.53. The Labute approximate surface area is 85.3 Å². The van der Waals surface area contributed by atoms with Crippen LogP contribution in [0.4, 0.5) is 0 Å². The maximum atomic E-state index is 5.87. The third-order valence-electron chi connectivity index (χ3n) is 1.58. The number of hydrogen-bond acceptors (Lipinski definition) is 2. The predicted octanol–water partition coefficient (Wildman–Crippen LogP) is 1.60.